The van der Waals surface area contributed by atoms with Crippen molar-refractivity contribution in [2.75, 3.05) is 5.88 Å². The van der Waals surface area contributed by atoms with Crippen molar-refractivity contribution in [2.45, 2.75) is 51.0 Å². The first-order valence-electron chi connectivity index (χ1n) is 9.35. The first-order chi connectivity index (χ1) is 13.1. The molecular weight excluding hydrogens is 394 g/mol. The van der Waals surface area contributed by atoms with Gasteiger partial charge in [0.1, 0.15) is 5.82 Å². The third kappa shape index (κ3) is 4.40. The number of aromatic nitrogens is 2. The van der Waals surface area contributed by atoms with Crippen LogP contribution in [0.15, 0.2) is 47.4 Å². The number of aryl methyl sites for hydroxylation is 2. The molecule has 0 amide bonds. The van der Waals surface area contributed by atoms with Crippen LogP contribution >= 0.6 is 11.6 Å². The Balaban J connectivity index is 2.08. The lowest BCUT2D eigenvalue weighted by Crippen LogP contribution is -2.40. The fourth-order valence-electron chi connectivity index (χ4n) is 3.19. The lowest BCUT2D eigenvalue weighted by molar-refractivity contribution is 0.491. The summed E-state index contributed by atoms with van der Waals surface area (Å²) in [7, 11) is -3.61. The van der Waals surface area contributed by atoms with Crippen molar-refractivity contribution in [2.24, 2.45) is 0 Å². The van der Waals surface area contributed by atoms with Crippen LogP contribution in [0, 0.1) is 0 Å². The van der Waals surface area contributed by atoms with Gasteiger partial charge in [0, 0.05) is 23.5 Å². The SMILES string of the molecule is CCc1nc2cc(S(=O)(=O)NC(C)(C)C)ccc2n1-c1ccc(CCCl)cc1. The number of hydrogen-bond donors (Lipinski definition) is 1. The summed E-state index contributed by atoms with van der Waals surface area (Å²) in [4.78, 5) is 4.91. The average molecular weight is 420 g/mol. The Morgan fingerprint density at radius 3 is 2.36 bits per heavy atom. The maximum atomic E-state index is 12.7. The molecule has 0 saturated heterocycles. The zero-order valence-electron chi connectivity index (χ0n) is 16.7. The lowest BCUT2D eigenvalue weighted by atomic mass is 10.1. The molecule has 1 N–H and O–H groups in total. The predicted molar refractivity (Wildman–Crippen MR) is 115 cm³/mol. The minimum atomic E-state index is -3.61. The van der Waals surface area contributed by atoms with E-state index in [1.807, 2.05) is 45.9 Å². The van der Waals surface area contributed by atoms with Crippen molar-refractivity contribution in [1.82, 2.24) is 14.3 Å². The summed E-state index contributed by atoms with van der Waals surface area (Å²) in [5, 5.41) is 0. The molecule has 0 bridgehead atoms. The number of imidazole rings is 1. The number of alkyl halides is 1. The van der Waals surface area contributed by atoms with Gasteiger partial charge in [-0.2, -0.15) is 0 Å². The Hall–Kier alpha value is -1.89. The molecule has 3 aromatic rings. The van der Waals surface area contributed by atoms with Gasteiger partial charge in [0.15, 0.2) is 0 Å². The van der Waals surface area contributed by atoms with E-state index in [0.29, 0.717) is 11.4 Å². The molecule has 150 valence electrons. The van der Waals surface area contributed by atoms with Gasteiger partial charge in [0.05, 0.1) is 15.9 Å². The van der Waals surface area contributed by atoms with Crippen molar-refractivity contribution in [1.29, 1.82) is 0 Å². The molecule has 0 spiro atoms. The van der Waals surface area contributed by atoms with E-state index in [1.165, 1.54) is 5.56 Å². The molecule has 0 radical (unpaired) electrons. The minimum absolute atomic E-state index is 0.222. The summed E-state index contributed by atoms with van der Waals surface area (Å²) in [6.07, 6.45) is 1.57. The number of rotatable bonds is 6. The Kier molecular flexibility index (Phi) is 5.84. The molecule has 0 saturated carbocycles. The number of hydrogen-bond acceptors (Lipinski definition) is 3. The summed E-state index contributed by atoms with van der Waals surface area (Å²) in [5.74, 6) is 1.48. The van der Waals surface area contributed by atoms with Gasteiger partial charge in [-0.05, 0) is 63.1 Å². The van der Waals surface area contributed by atoms with E-state index in [2.05, 4.69) is 26.4 Å². The number of nitrogens with zero attached hydrogens (tertiary/aromatic N) is 2. The van der Waals surface area contributed by atoms with Crippen LogP contribution in [-0.2, 0) is 22.9 Å². The van der Waals surface area contributed by atoms with Crippen LogP contribution in [0.3, 0.4) is 0 Å². The van der Waals surface area contributed by atoms with Crippen LogP contribution in [0.5, 0.6) is 0 Å². The monoisotopic (exact) mass is 419 g/mol. The molecule has 0 fully saturated rings. The van der Waals surface area contributed by atoms with Crippen molar-refractivity contribution in [3.63, 3.8) is 0 Å². The van der Waals surface area contributed by atoms with Crippen LogP contribution in [0.4, 0.5) is 0 Å². The lowest BCUT2D eigenvalue weighted by Gasteiger charge is -2.20. The maximum absolute atomic E-state index is 12.7. The summed E-state index contributed by atoms with van der Waals surface area (Å²) in [6.45, 7) is 7.50. The molecule has 0 unspecified atom stereocenters. The molecule has 0 aliphatic heterocycles. The highest BCUT2D eigenvalue weighted by atomic mass is 35.5. The van der Waals surface area contributed by atoms with Gasteiger partial charge < -0.3 is 0 Å². The highest BCUT2D eigenvalue weighted by Gasteiger charge is 2.23. The normalized spacial score (nSPS) is 12.6. The molecule has 3 rings (SSSR count). The van der Waals surface area contributed by atoms with Crippen molar-refractivity contribution < 1.29 is 8.42 Å². The predicted octanol–water partition coefficient (Wildman–Crippen LogP) is 4.45. The van der Waals surface area contributed by atoms with Crippen molar-refractivity contribution in [3.05, 3.63) is 53.9 Å². The molecule has 0 atom stereocenters. The Morgan fingerprint density at radius 2 is 1.79 bits per heavy atom. The second-order valence-corrected chi connectivity index (χ2v) is 9.89. The topological polar surface area (TPSA) is 64.0 Å². The first kappa shape index (κ1) is 20.8. The molecule has 1 heterocycles. The number of benzene rings is 2. The number of nitrogens with one attached hydrogen (secondary N) is 1. The quantitative estimate of drug-likeness (QED) is 0.600. The molecule has 28 heavy (non-hydrogen) atoms. The standard InChI is InChI=1S/C21H26ClN3O2S/c1-5-20-23-18-14-17(28(26,27)24-21(2,3)4)10-11-19(18)25(20)16-8-6-15(7-9-16)12-13-22/h6-11,14,24H,5,12-13H2,1-4H3. The number of halogens is 1. The van der Waals surface area contributed by atoms with Crippen molar-refractivity contribution in [3.8, 4) is 5.69 Å². The molecule has 5 nitrogen and oxygen atoms in total. The van der Waals surface area contributed by atoms with E-state index < -0.39 is 15.6 Å². The average Bonchev–Trinajstić information content (AvgIpc) is 2.98. The maximum Gasteiger partial charge on any atom is 0.241 e. The molecule has 1 aromatic heterocycles. The van der Waals surface area contributed by atoms with Crippen LogP contribution in [0.1, 0.15) is 39.1 Å². The Morgan fingerprint density at radius 1 is 1.11 bits per heavy atom. The van der Waals surface area contributed by atoms with Gasteiger partial charge in [0.25, 0.3) is 0 Å². The second-order valence-electron chi connectivity index (χ2n) is 7.83. The zero-order chi connectivity index (χ0) is 20.5. The molecule has 0 aliphatic carbocycles. The van der Waals surface area contributed by atoms with Gasteiger partial charge in [0.2, 0.25) is 10.0 Å². The largest absolute Gasteiger partial charge is 0.296 e. The zero-order valence-corrected chi connectivity index (χ0v) is 18.2. The summed E-state index contributed by atoms with van der Waals surface area (Å²) in [5.41, 5.74) is 3.19. The third-order valence-electron chi connectivity index (χ3n) is 4.34. The van der Waals surface area contributed by atoms with Gasteiger partial charge in [-0.15, -0.1) is 11.6 Å². The van der Waals surface area contributed by atoms with E-state index in [0.717, 1.165) is 29.9 Å². The van der Waals surface area contributed by atoms with E-state index in [-0.39, 0.29) is 4.90 Å². The van der Waals surface area contributed by atoms with E-state index in [1.54, 1.807) is 12.1 Å². The number of fused-ring (bicyclic) bond motifs is 1. The molecule has 0 aliphatic rings. The molecular formula is C21H26ClN3O2S. The van der Waals surface area contributed by atoms with Gasteiger partial charge in [-0.25, -0.2) is 18.1 Å². The fraction of sp³-hybridized carbons (Fsp3) is 0.381. The van der Waals surface area contributed by atoms with Crippen LogP contribution in [0.25, 0.3) is 16.7 Å². The summed E-state index contributed by atoms with van der Waals surface area (Å²) < 4.78 is 30.1. The second kappa shape index (κ2) is 7.85. The van der Waals surface area contributed by atoms with Crippen LogP contribution < -0.4 is 4.72 Å². The minimum Gasteiger partial charge on any atom is -0.296 e. The Labute approximate surface area is 171 Å². The Bertz CT molecular complexity index is 1080. The molecule has 7 heteroatoms. The van der Waals surface area contributed by atoms with Gasteiger partial charge in [-0.3, -0.25) is 4.57 Å². The fourth-order valence-corrected chi connectivity index (χ4v) is 4.84. The highest BCUT2D eigenvalue weighted by molar-refractivity contribution is 7.89. The third-order valence-corrected chi connectivity index (χ3v) is 6.28. The van der Waals surface area contributed by atoms with Gasteiger partial charge >= 0.3 is 0 Å². The van der Waals surface area contributed by atoms with Crippen molar-refractivity contribution >= 4 is 32.7 Å². The summed E-state index contributed by atoms with van der Waals surface area (Å²) in [6, 6.07) is 13.3. The van der Waals surface area contributed by atoms with Gasteiger partial charge in [-0.1, -0.05) is 19.1 Å². The molecule has 2 aromatic carbocycles. The van der Waals surface area contributed by atoms with Crippen LogP contribution in [-0.4, -0.2) is 29.4 Å². The highest BCUT2D eigenvalue weighted by Crippen LogP contribution is 2.25. The number of sulfonamides is 1. The smallest absolute Gasteiger partial charge is 0.241 e. The van der Waals surface area contributed by atoms with E-state index in [4.69, 9.17) is 11.6 Å². The van der Waals surface area contributed by atoms with E-state index >= 15 is 0 Å². The summed E-state index contributed by atoms with van der Waals surface area (Å²) >= 11 is 5.82. The van der Waals surface area contributed by atoms with E-state index in [9.17, 15) is 8.42 Å². The first-order valence-corrected chi connectivity index (χ1v) is 11.4. The van der Waals surface area contributed by atoms with Crippen LogP contribution in [0.2, 0.25) is 0 Å².